The lowest BCUT2D eigenvalue weighted by atomic mass is 9.85. The van der Waals surface area contributed by atoms with Gasteiger partial charge in [-0.2, -0.15) is 0 Å². The molecule has 14 nitrogen and oxygen atoms in total. The highest BCUT2D eigenvalue weighted by Crippen LogP contribution is 2.47. The van der Waals surface area contributed by atoms with Crippen molar-refractivity contribution in [3.8, 4) is 0 Å². The first-order valence-corrected chi connectivity index (χ1v) is 24.0. The molecule has 348 valence electrons. The standard InChI is InChI=1S/C45H79O14P/c1-3-5-7-9-11-12-13-14-15-16-20-24-28-32-38(47)56-34-37(35-57-60(54,55)59-45-43(52)41(50)40(49)42(51)44(45)53)58-39(48)33-29-25-21-18-17-19-23-27-31-36(46)30-26-22-10-8-6-4-2/h18-19,21-23,26-27,31,36-37,40-46,49-53H,3-17,20,24-25,28-30,32-35H2,1-2H3,(H,54,55)/b21-18-,23-19-,26-22-,31-27+. The van der Waals surface area contributed by atoms with Gasteiger partial charge in [-0.1, -0.05) is 152 Å². The van der Waals surface area contributed by atoms with E-state index in [1.165, 1.54) is 70.6 Å². The number of carbonyl (C=O) groups is 2. The SMILES string of the molecule is CCCCC/C=C\CC(O)/C=C/C=C\C/C=C\CCCC(=O)OC(COC(=O)CCCCCCCCCCCCCCC)COP(=O)(O)OC1C(O)C(O)C(O)C(O)C1O. The molecule has 1 aliphatic carbocycles. The fraction of sp³-hybridized carbons (Fsp3) is 0.778. The number of aliphatic hydroxyl groups is 6. The number of carbonyl (C=O) groups excluding carboxylic acids is 2. The molecule has 15 heteroatoms. The molecule has 0 bridgehead atoms. The summed E-state index contributed by atoms with van der Waals surface area (Å²) in [5.41, 5.74) is 0. The molecule has 1 fully saturated rings. The van der Waals surface area contributed by atoms with Crippen LogP contribution in [0.3, 0.4) is 0 Å². The van der Waals surface area contributed by atoms with Crippen molar-refractivity contribution in [2.24, 2.45) is 0 Å². The second kappa shape index (κ2) is 35.3. The quantitative estimate of drug-likeness (QED) is 0.0107. The lowest BCUT2D eigenvalue weighted by Gasteiger charge is -2.41. The molecular formula is C45H79O14P. The van der Waals surface area contributed by atoms with Crippen LogP contribution in [0, 0.1) is 0 Å². The number of phosphoric ester groups is 1. The normalized spacial score (nSPS) is 23.1. The summed E-state index contributed by atoms with van der Waals surface area (Å²) in [6.45, 7) is 3.14. The highest BCUT2D eigenvalue weighted by Gasteiger charge is 2.51. The Balaban J connectivity index is 2.55. The van der Waals surface area contributed by atoms with Crippen LogP contribution >= 0.6 is 7.82 Å². The Hall–Kier alpha value is -2.23. The molecule has 0 spiro atoms. The first-order chi connectivity index (χ1) is 28.8. The Kier molecular flexibility index (Phi) is 32.8. The van der Waals surface area contributed by atoms with E-state index in [9.17, 15) is 49.7 Å². The van der Waals surface area contributed by atoms with Crippen molar-refractivity contribution in [3.05, 3.63) is 48.6 Å². The predicted octanol–water partition coefficient (Wildman–Crippen LogP) is 7.36. The molecule has 1 aliphatic rings. The number of allylic oxidation sites excluding steroid dienone is 6. The van der Waals surface area contributed by atoms with E-state index in [0.717, 1.165) is 32.1 Å². The number of hydrogen-bond acceptors (Lipinski definition) is 13. The molecule has 1 rings (SSSR count). The maximum atomic E-state index is 12.8. The van der Waals surface area contributed by atoms with Crippen LogP contribution in [-0.2, 0) is 32.7 Å². The van der Waals surface area contributed by atoms with Crippen molar-refractivity contribution in [2.45, 2.75) is 210 Å². The lowest BCUT2D eigenvalue weighted by molar-refractivity contribution is -0.220. The van der Waals surface area contributed by atoms with Gasteiger partial charge in [-0.3, -0.25) is 18.6 Å². The second-order valence-electron chi connectivity index (χ2n) is 15.8. The van der Waals surface area contributed by atoms with E-state index in [4.69, 9.17) is 18.5 Å². The van der Waals surface area contributed by atoms with Gasteiger partial charge in [0.1, 0.15) is 43.2 Å². The van der Waals surface area contributed by atoms with Gasteiger partial charge in [0, 0.05) is 12.8 Å². The number of phosphoric acid groups is 1. The Morgan fingerprint density at radius 1 is 0.600 bits per heavy atom. The summed E-state index contributed by atoms with van der Waals surface area (Å²) in [6, 6.07) is 0. The summed E-state index contributed by atoms with van der Waals surface area (Å²) in [5.74, 6) is -1.20. The highest BCUT2D eigenvalue weighted by atomic mass is 31.2. The maximum absolute atomic E-state index is 12.8. The molecule has 0 aromatic rings. The monoisotopic (exact) mass is 875 g/mol. The number of rotatable bonds is 36. The molecule has 7 atom stereocenters. The fourth-order valence-corrected chi connectivity index (χ4v) is 7.51. The van der Waals surface area contributed by atoms with Gasteiger partial charge in [-0.25, -0.2) is 4.57 Å². The van der Waals surface area contributed by atoms with E-state index < -0.39 is 81.8 Å². The van der Waals surface area contributed by atoms with Gasteiger partial charge in [-0.15, -0.1) is 0 Å². The minimum absolute atomic E-state index is 0.0108. The zero-order valence-electron chi connectivity index (χ0n) is 36.4. The molecule has 0 aromatic carbocycles. The number of aliphatic hydroxyl groups excluding tert-OH is 6. The van der Waals surface area contributed by atoms with Crippen LogP contribution < -0.4 is 0 Å². The molecule has 0 heterocycles. The van der Waals surface area contributed by atoms with Crippen LogP contribution in [0.2, 0.25) is 0 Å². The maximum Gasteiger partial charge on any atom is 0.472 e. The van der Waals surface area contributed by atoms with Gasteiger partial charge in [-0.05, 0) is 44.9 Å². The van der Waals surface area contributed by atoms with Gasteiger partial charge in [0.2, 0.25) is 0 Å². The Bertz CT molecular complexity index is 1260. The van der Waals surface area contributed by atoms with E-state index in [0.29, 0.717) is 32.1 Å². The van der Waals surface area contributed by atoms with Crippen molar-refractivity contribution in [3.63, 3.8) is 0 Å². The van der Waals surface area contributed by atoms with E-state index in [-0.39, 0.29) is 12.8 Å². The number of ether oxygens (including phenoxy) is 2. The van der Waals surface area contributed by atoms with Gasteiger partial charge in [0.25, 0.3) is 0 Å². The van der Waals surface area contributed by atoms with E-state index in [2.05, 4.69) is 19.9 Å². The van der Waals surface area contributed by atoms with Gasteiger partial charge in [0.15, 0.2) is 6.10 Å². The molecule has 0 radical (unpaired) electrons. The van der Waals surface area contributed by atoms with E-state index >= 15 is 0 Å². The van der Waals surface area contributed by atoms with Crippen molar-refractivity contribution in [2.75, 3.05) is 13.2 Å². The van der Waals surface area contributed by atoms with Crippen LogP contribution in [0.15, 0.2) is 48.6 Å². The van der Waals surface area contributed by atoms with Crippen molar-refractivity contribution >= 4 is 19.8 Å². The zero-order chi connectivity index (χ0) is 44.4. The third-order valence-electron chi connectivity index (χ3n) is 10.3. The molecule has 7 N–H and O–H groups in total. The Labute approximate surface area is 359 Å². The summed E-state index contributed by atoms with van der Waals surface area (Å²) >= 11 is 0. The Morgan fingerprint density at radius 3 is 1.73 bits per heavy atom. The van der Waals surface area contributed by atoms with Gasteiger partial charge >= 0.3 is 19.8 Å². The molecule has 1 saturated carbocycles. The molecule has 0 amide bonds. The molecule has 0 aliphatic heterocycles. The van der Waals surface area contributed by atoms with Crippen molar-refractivity contribution in [1.82, 2.24) is 0 Å². The minimum atomic E-state index is -5.15. The Morgan fingerprint density at radius 2 is 1.12 bits per heavy atom. The number of unbranched alkanes of at least 4 members (excludes halogenated alkanes) is 16. The average molecular weight is 875 g/mol. The van der Waals surface area contributed by atoms with Crippen molar-refractivity contribution < 1.29 is 68.2 Å². The highest BCUT2D eigenvalue weighted by molar-refractivity contribution is 7.47. The van der Waals surface area contributed by atoms with E-state index in [1.54, 1.807) is 12.2 Å². The van der Waals surface area contributed by atoms with Crippen LogP contribution in [0.4, 0.5) is 0 Å². The minimum Gasteiger partial charge on any atom is -0.462 e. The smallest absolute Gasteiger partial charge is 0.462 e. The summed E-state index contributed by atoms with van der Waals surface area (Å²) in [6.07, 6.45) is 23.4. The van der Waals surface area contributed by atoms with Crippen LogP contribution in [-0.4, -0.2) is 110 Å². The zero-order valence-corrected chi connectivity index (χ0v) is 37.2. The van der Waals surface area contributed by atoms with Crippen LogP contribution in [0.1, 0.15) is 162 Å². The summed E-state index contributed by atoms with van der Waals surface area (Å²) in [7, 11) is -5.15. The van der Waals surface area contributed by atoms with Crippen LogP contribution in [0.5, 0.6) is 0 Å². The molecule has 0 aromatic heterocycles. The fourth-order valence-electron chi connectivity index (χ4n) is 6.54. The lowest BCUT2D eigenvalue weighted by Crippen LogP contribution is -2.64. The van der Waals surface area contributed by atoms with Crippen LogP contribution in [0.25, 0.3) is 0 Å². The van der Waals surface area contributed by atoms with E-state index in [1.807, 2.05) is 30.4 Å². The van der Waals surface area contributed by atoms with Gasteiger partial charge in [0.05, 0.1) is 12.7 Å². The molecular weight excluding hydrogens is 795 g/mol. The third-order valence-corrected chi connectivity index (χ3v) is 11.2. The first-order valence-electron chi connectivity index (χ1n) is 22.5. The first kappa shape index (κ1) is 55.8. The second-order valence-corrected chi connectivity index (χ2v) is 17.2. The van der Waals surface area contributed by atoms with Gasteiger partial charge < -0.3 is 45.0 Å². The summed E-state index contributed by atoms with van der Waals surface area (Å²) in [4.78, 5) is 35.6. The molecule has 0 saturated heterocycles. The third kappa shape index (κ3) is 27.7. The number of esters is 2. The average Bonchev–Trinajstić information content (AvgIpc) is 3.22. The van der Waals surface area contributed by atoms with Crippen molar-refractivity contribution in [1.29, 1.82) is 0 Å². The summed E-state index contributed by atoms with van der Waals surface area (Å²) < 4.78 is 33.4. The topological polar surface area (TPSA) is 230 Å². The summed E-state index contributed by atoms with van der Waals surface area (Å²) in [5, 5.41) is 60.1. The predicted molar refractivity (Wildman–Crippen MR) is 232 cm³/mol. The molecule has 7 unspecified atom stereocenters. The number of hydrogen-bond donors (Lipinski definition) is 7. The largest absolute Gasteiger partial charge is 0.472 e. The molecule has 60 heavy (non-hydrogen) atoms.